The number of hydrogen-bond acceptors (Lipinski definition) is 4. The molecule has 0 aromatic carbocycles. The predicted octanol–water partition coefficient (Wildman–Crippen LogP) is 3.56. The summed E-state index contributed by atoms with van der Waals surface area (Å²) in [6.07, 6.45) is 1.88. The monoisotopic (exact) mass is 382 g/mol. The van der Waals surface area contributed by atoms with E-state index in [0.717, 1.165) is 12.8 Å². The molecule has 2 aromatic rings. The molecule has 4 heterocycles. The highest BCUT2D eigenvalue weighted by atomic mass is 35.5. The van der Waals surface area contributed by atoms with E-state index in [4.69, 9.17) is 32.0 Å². The van der Waals surface area contributed by atoms with Crippen LogP contribution in [-0.4, -0.2) is 47.3 Å². The highest BCUT2D eigenvalue weighted by Crippen LogP contribution is 2.33. The third kappa shape index (κ3) is 3.04. The summed E-state index contributed by atoms with van der Waals surface area (Å²) in [5, 5.41) is 0.376. The van der Waals surface area contributed by atoms with Crippen LogP contribution >= 0.6 is 23.2 Å². The van der Waals surface area contributed by atoms with Gasteiger partial charge in [0.2, 0.25) is 0 Å². The Labute approximate surface area is 154 Å². The fourth-order valence-electron chi connectivity index (χ4n) is 3.75. The van der Waals surface area contributed by atoms with Crippen LogP contribution in [0.1, 0.15) is 34.0 Å². The van der Waals surface area contributed by atoms with Crippen LogP contribution in [0.4, 0.5) is 0 Å². The normalized spacial score (nSPS) is 23.0. The molecule has 0 bridgehead atoms. The molecule has 2 aliphatic rings. The van der Waals surface area contributed by atoms with Crippen molar-refractivity contribution in [3.8, 4) is 0 Å². The molecule has 4 rings (SSSR count). The minimum atomic E-state index is -0.199. The minimum absolute atomic E-state index is 0.0282. The molecule has 132 valence electrons. The molecule has 25 heavy (non-hydrogen) atoms. The fourth-order valence-corrected chi connectivity index (χ4v) is 4.05. The largest absolute Gasteiger partial charge is 0.440 e. The Bertz CT molecular complexity index is 815. The first-order valence-electron chi connectivity index (χ1n) is 8.14. The summed E-state index contributed by atoms with van der Waals surface area (Å²) < 4.78 is 10.5. The lowest BCUT2D eigenvalue weighted by molar-refractivity contribution is 0.0532. The number of hydrogen-bond donors (Lipinski definition) is 0. The highest BCUT2D eigenvalue weighted by Gasteiger charge is 2.43. The quantitative estimate of drug-likeness (QED) is 0.796. The van der Waals surface area contributed by atoms with E-state index in [-0.39, 0.29) is 45.7 Å². The van der Waals surface area contributed by atoms with Crippen molar-refractivity contribution in [3.05, 3.63) is 46.2 Å². The SMILES string of the molecule is O=C(c1ccc(Cl)o1)N1C[C@@H]2CCCN(C(=O)c3ccc(Cl)o3)[C@@H]2C1. The molecule has 2 aromatic heterocycles. The van der Waals surface area contributed by atoms with Gasteiger partial charge in [-0.15, -0.1) is 0 Å². The van der Waals surface area contributed by atoms with Gasteiger partial charge in [-0.25, -0.2) is 0 Å². The lowest BCUT2D eigenvalue weighted by Crippen LogP contribution is -2.48. The summed E-state index contributed by atoms with van der Waals surface area (Å²) in [6, 6.07) is 6.23. The minimum Gasteiger partial charge on any atom is -0.440 e. The molecule has 0 spiro atoms. The van der Waals surface area contributed by atoms with Crippen molar-refractivity contribution < 1.29 is 18.4 Å². The molecule has 2 atom stereocenters. The zero-order valence-corrected chi connectivity index (χ0v) is 14.8. The lowest BCUT2D eigenvalue weighted by Gasteiger charge is -2.36. The van der Waals surface area contributed by atoms with Gasteiger partial charge in [0.15, 0.2) is 22.0 Å². The molecule has 0 radical (unpaired) electrons. The van der Waals surface area contributed by atoms with Gasteiger partial charge in [-0.05, 0) is 66.2 Å². The maximum atomic E-state index is 12.7. The smallest absolute Gasteiger partial charge is 0.289 e. The maximum Gasteiger partial charge on any atom is 0.289 e. The molecule has 2 saturated heterocycles. The molecule has 0 unspecified atom stereocenters. The van der Waals surface area contributed by atoms with Crippen LogP contribution in [0.5, 0.6) is 0 Å². The van der Waals surface area contributed by atoms with Crippen LogP contribution in [0.15, 0.2) is 33.1 Å². The van der Waals surface area contributed by atoms with Crippen LogP contribution in [-0.2, 0) is 0 Å². The first kappa shape index (κ1) is 16.5. The van der Waals surface area contributed by atoms with Crippen molar-refractivity contribution in [2.24, 2.45) is 5.92 Å². The van der Waals surface area contributed by atoms with Gasteiger partial charge in [-0.1, -0.05) is 0 Å². The van der Waals surface area contributed by atoms with Crippen molar-refractivity contribution in [1.82, 2.24) is 9.80 Å². The van der Waals surface area contributed by atoms with Gasteiger partial charge in [0.1, 0.15) is 0 Å². The van der Waals surface area contributed by atoms with E-state index in [2.05, 4.69) is 0 Å². The van der Waals surface area contributed by atoms with Crippen LogP contribution in [0.25, 0.3) is 0 Å². The second-order valence-corrected chi connectivity index (χ2v) is 7.13. The summed E-state index contributed by atoms with van der Waals surface area (Å²) in [5.41, 5.74) is 0. The zero-order valence-electron chi connectivity index (χ0n) is 13.3. The second-order valence-electron chi connectivity index (χ2n) is 6.39. The average molecular weight is 383 g/mol. The molecule has 0 aliphatic carbocycles. The van der Waals surface area contributed by atoms with Crippen LogP contribution in [0.3, 0.4) is 0 Å². The molecule has 0 N–H and O–H groups in total. The molecule has 8 heteroatoms. The first-order chi connectivity index (χ1) is 12.0. The van der Waals surface area contributed by atoms with E-state index < -0.39 is 0 Å². The lowest BCUT2D eigenvalue weighted by atomic mass is 9.92. The molecular weight excluding hydrogens is 367 g/mol. The Balaban J connectivity index is 1.52. The predicted molar refractivity (Wildman–Crippen MR) is 90.9 cm³/mol. The van der Waals surface area contributed by atoms with Gasteiger partial charge in [0.25, 0.3) is 11.8 Å². The van der Waals surface area contributed by atoms with E-state index in [0.29, 0.717) is 19.6 Å². The number of carbonyl (C=O) groups excluding carboxylic acids is 2. The number of furan rings is 2. The Morgan fingerprint density at radius 2 is 1.60 bits per heavy atom. The Hall–Kier alpha value is -1.92. The van der Waals surface area contributed by atoms with Crippen LogP contribution < -0.4 is 0 Å². The standard InChI is InChI=1S/C17H16Cl2N2O4/c18-14-5-3-12(24-14)16(22)20-8-10-2-1-7-21(11(10)9-20)17(23)13-4-6-15(19)25-13/h3-6,10-11H,1-2,7-9H2/t10-,11+/m0/s1. The van der Waals surface area contributed by atoms with Gasteiger partial charge >= 0.3 is 0 Å². The van der Waals surface area contributed by atoms with Gasteiger partial charge in [-0.2, -0.15) is 0 Å². The number of halogens is 2. The fraction of sp³-hybridized carbons (Fsp3) is 0.412. The third-order valence-electron chi connectivity index (χ3n) is 4.90. The van der Waals surface area contributed by atoms with E-state index in [9.17, 15) is 9.59 Å². The molecule has 2 amide bonds. The van der Waals surface area contributed by atoms with Gasteiger partial charge in [0.05, 0.1) is 6.04 Å². The molecule has 2 aliphatic heterocycles. The Morgan fingerprint density at radius 3 is 2.20 bits per heavy atom. The first-order valence-corrected chi connectivity index (χ1v) is 8.89. The van der Waals surface area contributed by atoms with Crippen molar-refractivity contribution in [1.29, 1.82) is 0 Å². The van der Waals surface area contributed by atoms with E-state index in [1.807, 2.05) is 0 Å². The van der Waals surface area contributed by atoms with Gasteiger partial charge in [-0.3, -0.25) is 9.59 Å². The molecular formula is C17H16Cl2N2O4. The summed E-state index contributed by atoms with van der Waals surface area (Å²) in [5.74, 6) is 0.316. The number of rotatable bonds is 2. The summed E-state index contributed by atoms with van der Waals surface area (Å²) in [7, 11) is 0. The molecule has 6 nitrogen and oxygen atoms in total. The summed E-state index contributed by atoms with van der Waals surface area (Å²) in [6.45, 7) is 1.72. The molecule has 2 fully saturated rings. The van der Waals surface area contributed by atoms with Gasteiger partial charge in [0, 0.05) is 19.6 Å². The third-order valence-corrected chi connectivity index (χ3v) is 5.30. The highest BCUT2D eigenvalue weighted by molar-refractivity contribution is 6.29. The van der Waals surface area contributed by atoms with E-state index in [1.54, 1.807) is 34.1 Å². The van der Waals surface area contributed by atoms with Gasteiger partial charge < -0.3 is 18.6 Å². The van der Waals surface area contributed by atoms with Crippen molar-refractivity contribution in [2.75, 3.05) is 19.6 Å². The van der Waals surface area contributed by atoms with E-state index >= 15 is 0 Å². The number of nitrogens with zero attached hydrogens (tertiary/aromatic N) is 2. The topological polar surface area (TPSA) is 66.9 Å². The summed E-state index contributed by atoms with van der Waals surface area (Å²) >= 11 is 11.5. The van der Waals surface area contributed by atoms with Crippen molar-refractivity contribution in [2.45, 2.75) is 18.9 Å². The second kappa shape index (κ2) is 6.42. The number of fused-ring (bicyclic) bond motifs is 1. The average Bonchev–Trinajstić information content (AvgIpc) is 3.32. The molecule has 0 saturated carbocycles. The van der Waals surface area contributed by atoms with Crippen molar-refractivity contribution >= 4 is 35.0 Å². The number of likely N-dealkylation sites (tertiary alicyclic amines) is 2. The van der Waals surface area contributed by atoms with Crippen LogP contribution in [0.2, 0.25) is 10.4 Å². The number of carbonyl (C=O) groups is 2. The Morgan fingerprint density at radius 1 is 0.960 bits per heavy atom. The number of amides is 2. The number of piperidine rings is 1. The van der Waals surface area contributed by atoms with E-state index in [1.165, 1.54) is 0 Å². The maximum absolute atomic E-state index is 12.7. The zero-order chi connectivity index (χ0) is 17.6. The van der Waals surface area contributed by atoms with Crippen LogP contribution in [0, 0.1) is 5.92 Å². The Kier molecular flexibility index (Phi) is 4.25. The summed E-state index contributed by atoms with van der Waals surface area (Å²) in [4.78, 5) is 28.9. The van der Waals surface area contributed by atoms with Crippen molar-refractivity contribution in [3.63, 3.8) is 0 Å².